The molecule has 2 saturated carbocycles. The lowest BCUT2D eigenvalue weighted by atomic mass is 9.72. The molecule has 6 heteroatoms. The van der Waals surface area contributed by atoms with Crippen molar-refractivity contribution in [1.29, 1.82) is 0 Å². The molecule has 1 amide bonds. The van der Waals surface area contributed by atoms with Crippen LogP contribution in [0.2, 0.25) is 0 Å². The number of H-pyrrole nitrogens is 1. The summed E-state index contributed by atoms with van der Waals surface area (Å²) in [5, 5.41) is 0.954. The van der Waals surface area contributed by atoms with Crippen LogP contribution in [-0.2, 0) is 0 Å². The van der Waals surface area contributed by atoms with Crippen molar-refractivity contribution in [2.75, 3.05) is 14.1 Å². The fourth-order valence-electron chi connectivity index (χ4n) is 6.15. The summed E-state index contributed by atoms with van der Waals surface area (Å²) in [4.78, 5) is 27.0. The molecule has 0 aliphatic heterocycles. The van der Waals surface area contributed by atoms with Crippen LogP contribution in [0.5, 0.6) is 0 Å². The number of fused-ring (bicyclic) bond motifs is 2. The number of aromatic nitrogens is 3. The van der Waals surface area contributed by atoms with E-state index < -0.39 is 0 Å². The number of pyridine rings is 1. The van der Waals surface area contributed by atoms with Gasteiger partial charge in [0.25, 0.3) is 5.91 Å². The Bertz CT molecular complexity index is 1400. The van der Waals surface area contributed by atoms with Crippen LogP contribution in [0, 0.1) is 17.7 Å². The Kier molecular flexibility index (Phi) is 5.54. The van der Waals surface area contributed by atoms with Gasteiger partial charge in [-0.25, -0.2) is 9.37 Å². The Morgan fingerprint density at radius 3 is 2.43 bits per heavy atom. The highest BCUT2D eigenvalue weighted by Crippen LogP contribution is 2.51. The molecule has 1 N–H and O–H groups in total. The van der Waals surface area contributed by atoms with E-state index in [0.29, 0.717) is 29.2 Å². The third-order valence-electron chi connectivity index (χ3n) is 8.06. The van der Waals surface area contributed by atoms with Crippen molar-refractivity contribution in [2.24, 2.45) is 11.8 Å². The van der Waals surface area contributed by atoms with Crippen LogP contribution < -0.4 is 0 Å². The number of imidazole rings is 1. The van der Waals surface area contributed by atoms with Gasteiger partial charge < -0.3 is 9.88 Å². The number of nitrogens with one attached hydrogen (secondary N) is 1. The minimum atomic E-state index is -0.199. The van der Waals surface area contributed by atoms with Gasteiger partial charge in [-0.1, -0.05) is 0 Å². The van der Waals surface area contributed by atoms with Crippen molar-refractivity contribution >= 4 is 27.8 Å². The van der Waals surface area contributed by atoms with E-state index in [9.17, 15) is 9.18 Å². The highest BCUT2D eigenvalue weighted by Gasteiger charge is 2.41. The number of carbonyl (C=O) groups is 1. The van der Waals surface area contributed by atoms with E-state index in [1.54, 1.807) is 31.1 Å². The van der Waals surface area contributed by atoms with Gasteiger partial charge in [0.1, 0.15) is 11.6 Å². The number of benzene rings is 2. The predicted molar refractivity (Wildman–Crippen MR) is 136 cm³/mol. The van der Waals surface area contributed by atoms with Crippen molar-refractivity contribution in [1.82, 2.24) is 19.9 Å². The van der Waals surface area contributed by atoms with Crippen molar-refractivity contribution in [2.45, 2.75) is 50.4 Å². The average Bonchev–Trinajstić information content (AvgIpc) is 3.61. The number of hydrogen-bond acceptors (Lipinski definition) is 3. The third kappa shape index (κ3) is 4.19. The quantitative estimate of drug-likeness (QED) is 0.366. The standard InChI is InChI=1S/C29H31FN4O/c1-34(2)29(35)20-9-11-25-26(15-20)33-28(32-25)27(19-7-8-19)18-5-3-17(4-6-18)22-13-14-31-24-12-10-21(30)16-23(22)24/h9-19,27H,3-8H2,1-2H3,(H,32,33)/t17-,18+,27-/m0/s1. The summed E-state index contributed by atoms with van der Waals surface area (Å²) in [7, 11) is 3.54. The lowest BCUT2D eigenvalue weighted by molar-refractivity contribution is 0.0827. The number of hydrogen-bond donors (Lipinski definition) is 1. The van der Waals surface area contributed by atoms with Gasteiger partial charge in [0.05, 0.1) is 16.6 Å². The van der Waals surface area contributed by atoms with Crippen LogP contribution >= 0.6 is 0 Å². The number of nitrogens with zero attached hydrogens (tertiary/aromatic N) is 3. The second kappa shape index (κ2) is 8.74. The molecular weight excluding hydrogens is 439 g/mol. The molecule has 5 nitrogen and oxygen atoms in total. The van der Waals surface area contributed by atoms with Gasteiger partial charge >= 0.3 is 0 Å². The average molecular weight is 471 g/mol. The molecule has 4 aromatic rings. The summed E-state index contributed by atoms with van der Waals surface area (Å²) in [6.45, 7) is 0. The second-order valence-corrected chi connectivity index (χ2v) is 10.6. The fourth-order valence-corrected chi connectivity index (χ4v) is 6.15. The first kappa shape index (κ1) is 22.2. The lowest BCUT2D eigenvalue weighted by Crippen LogP contribution is -2.22. The van der Waals surface area contributed by atoms with Gasteiger partial charge in [-0.3, -0.25) is 9.78 Å². The zero-order valence-corrected chi connectivity index (χ0v) is 20.3. The first-order valence-electron chi connectivity index (χ1n) is 12.7. The van der Waals surface area contributed by atoms with Crippen LogP contribution in [-0.4, -0.2) is 39.9 Å². The van der Waals surface area contributed by atoms with E-state index in [0.717, 1.165) is 53.4 Å². The summed E-state index contributed by atoms with van der Waals surface area (Å²) in [5.74, 6) is 3.03. The first-order chi connectivity index (χ1) is 17.0. The molecule has 35 heavy (non-hydrogen) atoms. The molecule has 2 aliphatic rings. The molecule has 2 aromatic carbocycles. The van der Waals surface area contributed by atoms with E-state index in [1.165, 1.54) is 24.5 Å². The Balaban J connectivity index is 1.24. The van der Waals surface area contributed by atoms with Crippen LogP contribution in [0.4, 0.5) is 4.39 Å². The summed E-state index contributed by atoms with van der Waals surface area (Å²) in [5.41, 5.74) is 4.65. The molecule has 180 valence electrons. The molecule has 6 rings (SSSR count). The fraction of sp³-hybridized carbons (Fsp3) is 0.414. The highest BCUT2D eigenvalue weighted by atomic mass is 19.1. The Labute approximate surface area is 204 Å². The van der Waals surface area contributed by atoms with Crippen molar-refractivity contribution in [3.8, 4) is 0 Å². The minimum Gasteiger partial charge on any atom is -0.345 e. The van der Waals surface area contributed by atoms with Gasteiger partial charge in [0.15, 0.2) is 0 Å². The summed E-state index contributed by atoms with van der Waals surface area (Å²) in [6.07, 6.45) is 8.88. The van der Waals surface area contributed by atoms with Crippen LogP contribution in [0.25, 0.3) is 21.9 Å². The second-order valence-electron chi connectivity index (χ2n) is 10.6. The summed E-state index contributed by atoms with van der Waals surface area (Å²) >= 11 is 0. The van der Waals surface area contributed by atoms with E-state index in [4.69, 9.17) is 4.98 Å². The molecular formula is C29H31FN4O. The number of aromatic amines is 1. The van der Waals surface area contributed by atoms with Gasteiger partial charge in [0.2, 0.25) is 0 Å². The zero-order valence-electron chi connectivity index (χ0n) is 20.3. The van der Waals surface area contributed by atoms with Crippen molar-refractivity contribution in [3.05, 3.63) is 71.4 Å². The van der Waals surface area contributed by atoms with Gasteiger partial charge in [-0.2, -0.15) is 0 Å². The number of amides is 1. The van der Waals surface area contributed by atoms with Gasteiger partial charge in [-0.15, -0.1) is 0 Å². The van der Waals surface area contributed by atoms with Gasteiger partial charge in [0, 0.05) is 37.2 Å². The zero-order chi connectivity index (χ0) is 24.1. The molecule has 2 aliphatic carbocycles. The van der Waals surface area contributed by atoms with Crippen LogP contribution in [0.3, 0.4) is 0 Å². The Hall–Kier alpha value is -3.28. The topological polar surface area (TPSA) is 61.9 Å². The Morgan fingerprint density at radius 2 is 1.71 bits per heavy atom. The van der Waals surface area contributed by atoms with Crippen LogP contribution in [0.15, 0.2) is 48.7 Å². The molecule has 1 atom stereocenters. The molecule has 0 unspecified atom stereocenters. The van der Waals surface area contributed by atoms with E-state index in [2.05, 4.69) is 16.0 Å². The SMILES string of the molecule is CN(C)C(=O)c1ccc2[nH]c([C@H](C3CC3)[C@H]3CC[C@@H](c4ccnc5ccc(F)cc54)CC3)nc2c1. The lowest BCUT2D eigenvalue weighted by Gasteiger charge is -2.34. The maximum Gasteiger partial charge on any atom is 0.253 e. The van der Waals surface area contributed by atoms with Crippen molar-refractivity contribution < 1.29 is 9.18 Å². The number of halogens is 1. The number of carbonyl (C=O) groups excluding carboxylic acids is 1. The number of rotatable bonds is 5. The molecule has 0 bridgehead atoms. The van der Waals surface area contributed by atoms with E-state index >= 15 is 0 Å². The van der Waals surface area contributed by atoms with Crippen molar-refractivity contribution in [3.63, 3.8) is 0 Å². The van der Waals surface area contributed by atoms with E-state index in [-0.39, 0.29) is 11.7 Å². The molecule has 2 aromatic heterocycles. The maximum absolute atomic E-state index is 14.0. The molecule has 2 fully saturated rings. The highest BCUT2D eigenvalue weighted by molar-refractivity contribution is 5.97. The normalized spacial score (nSPS) is 21.3. The molecule has 0 saturated heterocycles. The molecule has 0 radical (unpaired) electrons. The van der Waals surface area contributed by atoms with E-state index in [1.807, 2.05) is 24.4 Å². The third-order valence-corrected chi connectivity index (χ3v) is 8.06. The molecule has 0 spiro atoms. The minimum absolute atomic E-state index is 0.00275. The molecule has 2 heterocycles. The van der Waals surface area contributed by atoms with Crippen LogP contribution in [0.1, 0.15) is 72.1 Å². The Morgan fingerprint density at radius 1 is 0.971 bits per heavy atom. The largest absolute Gasteiger partial charge is 0.345 e. The summed E-state index contributed by atoms with van der Waals surface area (Å²) < 4.78 is 14.0. The predicted octanol–water partition coefficient (Wildman–Crippen LogP) is 6.42. The first-order valence-corrected chi connectivity index (χ1v) is 12.7. The smallest absolute Gasteiger partial charge is 0.253 e. The summed E-state index contributed by atoms with van der Waals surface area (Å²) in [6, 6.07) is 12.8. The monoisotopic (exact) mass is 470 g/mol. The maximum atomic E-state index is 14.0. The van der Waals surface area contributed by atoms with Gasteiger partial charge in [-0.05, 0) is 104 Å².